The van der Waals surface area contributed by atoms with Gasteiger partial charge in [0.15, 0.2) is 0 Å². The number of urea groups is 1. The maximum absolute atomic E-state index is 13.7. The van der Waals surface area contributed by atoms with Crippen molar-refractivity contribution in [2.45, 2.75) is 51.1 Å². The first kappa shape index (κ1) is 17.4. The Morgan fingerprint density at radius 1 is 1.36 bits per heavy atom. The molecule has 0 spiro atoms. The Morgan fingerprint density at radius 2 is 2.12 bits per heavy atom. The first-order valence-electron chi connectivity index (χ1n) is 8.18. The van der Waals surface area contributed by atoms with Crippen molar-refractivity contribution < 1.29 is 18.0 Å². The quantitative estimate of drug-likeness (QED) is 0.886. The van der Waals surface area contributed by atoms with Gasteiger partial charge in [0.25, 0.3) is 0 Å². The van der Waals surface area contributed by atoms with E-state index in [1.54, 1.807) is 6.26 Å². The van der Waals surface area contributed by atoms with E-state index in [0.29, 0.717) is 17.9 Å². The molecule has 0 radical (unpaired) electrons. The monoisotopic (exact) mass is 349 g/mol. The minimum atomic E-state index is -0.607. The number of rotatable bonds is 4. The van der Waals surface area contributed by atoms with Crippen molar-refractivity contribution in [2.75, 3.05) is 0 Å². The molecule has 3 rings (SSSR count). The highest BCUT2D eigenvalue weighted by Crippen LogP contribution is 2.41. The van der Waals surface area contributed by atoms with Gasteiger partial charge in [0, 0.05) is 23.4 Å². The van der Waals surface area contributed by atoms with Gasteiger partial charge in [0.2, 0.25) is 5.89 Å². The number of nitrogens with one attached hydrogen (secondary N) is 2. The Morgan fingerprint density at radius 3 is 2.76 bits per heavy atom. The zero-order valence-corrected chi connectivity index (χ0v) is 14.4. The highest BCUT2D eigenvalue weighted by atomic mass is 19.1. The molecule has 1 aliphatic carbocycles. The van der Waals surface area contributed by atoms with Crippen LogP contribution in [-0.2, 0) is 12.0 Å². The van der Waals surface area contributed by atoms with Gasteiger partial charge in [0.1, 0.15) is 17.9 Å². The van der Waals surface area contributed by atoms with E-state index in [9.17, 15) is 13.6 Å². The van der Waals surface area contributed by atoms with E-state index >= 15 is 0 Å². The number of carbonyl (C=O) groups is 1. The third-order valence-corrected chi connectivity index (χ3v) is 4.19. The molecule has 1 fully saturated rings. The standard InChI is InChI=1S/C18H21F2N3O2/c1-18(2,3)15-9-25-16(23-15)8-21-17(24)22-14-7-12(14)11-5-4-10(19)6-13(11)20/h4-6,9,12,14H,7-8H2,1-3H3,(H2,21,22,24)/t12-,14+/m1/s1. The van der Waals surface area contributed by atoms with E-state index in [1.165, 1.54) is 12.1 Å². The Labute approximate surface area is 144 Å². The van der Waals surface area contributed by atoms with E-state index in [4.69, 9.17) is 4.42 Å². The summed E-state index contributed by atoms with van der Waals surface area (Å²) in [6.45, 7) is 6.24. The lowest BCUT2D eigenvalue weighted by Gasteiger charge is -2.13. The fourth-order valence-corrected chi connectivity index (χ4v) is 2.61. The number of amides is 2. The lowest BCUT2D eigenvalue weighted by Crippen LogP contribution is -2.37. The Hall–Kier alpha value is -2.44. The highest BCUT2D eigenvalue weighted by Gasteiger charge is 2.41. The summed E-state index contributed by atoms with van der Waals surface area (Å²) in [4.78, 5) is 16.3. The van der Waals surface area contributed by atoms with Crippen LogP contribution in [0.15, 0.2) is 28.9 Å². The van der Waals surface area contributed by atoms with Gasteiger partial charge in [-0.25, -0.2) is 18.6 Å². The van der Waals surface area contributed by atoms with Gasteiger partial charge in [-0.15, -0.1) is 0 Å². The summed E-state index contributed by atoms with van der Waals surface area (Å²) in [5.74, 6) is -0.883. The Bertz CT molecular complexity index is 783. The molecule has 0 aliphatic heterocycles. The zero-order valence-electron chi connectivity index (χ0n) is 14.4. The normalized spacial score (nSPS) is 19.6. The van der Waals surface area contributed by atoms with Gasteiger partial charge in [-0.1, -0.05) is 26.8 Å². The van der Waals surface area contributed by atoms with Crippen molar-refractivity contribution in [3.63, 3.8) is 0 Å². The van der Waals surface area contributed by atoms with Crippen molar-refractivity contribution in [3.05, 3.63) is 53.2 Å². The number of aromatic nitrogens is 1. The molecule has 2 amide bonds. The average Bonchev–Trinajstić information content (AvgIpc) is 3.08. The van der Waals surface area contributed by atoms with Crippen molar-refractivity contribution in [1.82, 2.24) is 15.6 Å². The molecule has 1 aliphatic rings. The van der Waals surface area contributed by atoms with E-state index in [0.717, 1.165) is 11.8 Å². The molecular formula is C18H21F2N3O2. The van der Waals surface area contributed by atoms with E-state index in [-0.39, 0.29) is 30.0 Å². The van der Waals surface area contributed by atoms with Crippen LogP contribution in [0.1, 0.15) is 50.3 Å². The molecule has 0 saturated heterocycles. The predicted molar refractivity (Wildman–Crippen MR) is 88.1 cm³/mol. The van der Waals surface area contributed by atoms with Gasteiger partial charge >= 0.3 is 6.03 Å². The Balaban J connectivity index is 1.48. The molecule has 0 unspecified atom stereocenters. The number of benzene rings is 1. The van der Waals surface area contributed by atoms with E-state index in [2.05, 4.69) is 15.6 Å². The number of halogens is 2. The molecule has 0 bridgehead atoms. The third kappa shape index (κ3) is 4.15. The average molecular weight is 349 g/mol. The Kier molecular flexibility index (Phi) is 4.49. The number of hydrogen-bond acceptors (Lipinski definition) is 3. The molecule has 134 valence electrons. The van der Waals surface area contributed by atoms with Crippen molar-refractivity contribution in [2.24, 2.45) is 0 Å². The smallest absolute Gasteiger partial charge is 0.315 e. The molecule has 2 aromatic rings. The van der Waals surface area contributed by atoms with Crippen LogP contribution in [0.25, 0.3) is 0 Å². The molecule has 2 atom stereocenters. The maximum Gasteiger partial charge on any atom is 0.315 e. The van der Waals surface area contributed by atoms with Crippen molar-refractivity contribution in [1.29, 1.82) is 0 Å². The topological polar surface area (TPSA) is 67.2 Å². The van der Waals surface area contributed by atoms with E-state index < -0.39 is 11.6 Å². The van der Waals surface area contributed by atoms with Gasteiger partial charge in [-0.3, -0.25) is 0 Å². The molecular weight excluding hydrogens is 328 g/mol. The SMILES string of the molecule is CC(C)(C)c1coc(CNC(=O)N[C@H]2C[C@@H]2c2ccc(F)cc2F)n1. The summed E-state index contributed by atoms with van der Waals surface area (Å²) in [6.07, 6.45) is 2.21. The molecule has 1 aromatic heterocycles. The fraction of sp³-hybridized carbons (Fsp3) is 0.444. The van der Waals surface area contributed by atoms with Crippen molar-refractivity contribution >= 4 is 6.03 Å². The third-order valence-electron chi connectivity index (χ3n) is 4.19. The second-order valence-corrected chi connectivity index (χ2v) is 7.32. The maximum atomic E-state index is 13.7. The van der Waals surface area contributed by atoms with E-state index in [1.807, 2.05) is 20.8 Å². The minimum Gasteiger partial charge on any atom is -0.447 e. The van der Waals surface area contributed by atoms with Crippen LogP contribution < -0.4 is 10.6 Å². The van der Waals surface area contributed by atoms with Gasteiger partial charge in [-0.2, -0.15) is 0 Å². The van der Waals surface area contributed by atoms with Crippen molar-refractivity contribution in [3.8, 4) is 0 Å². The second kappa shape index (κ2) is 6.46. The molecule has 25 heavy (non-hydrogen) atoms. The summed E-state index contributed by atoms with van der Waals surface area (Å²) < 4.78 is 32.0. The van der Waals surface area contributed by atoms with Crippen LogP contribution >= 0.6 is 0 Å². The number of nitrogens with zero attached hydrogens (tertiary/aromatic N) is 1. The molecule has 1 aromatic carbocycles. The van der Waals surface area contributed by atoms with Crippen LogP contribution in [0.3, 0.4) is 0 Å². The van der Waals surface area contributed by atoms with Gasteiger partial charge in [-0.05, 0) is 18.1 Å². The molecule has 1 saturated carbocycles. The first-order valence-corrected chi connectivity index (χ1v) is 8.18. The fourth-order valence-electron chi connectivity index (χ4n) is 2.61. The van der Waals surface area contributed by atoms with Gasteiger partial charge < -0.3 is 15.1 Å². The van der Waals surface area contributed by atoms with Crippen LogP contribution in [0.2, 0.25) is 0 Å². The zero-order chi connectivity index (χ0) is 18.2. The predicted octanol–water partition coefficient (Wildman–Crippen LogP) is 3.61. The minimum absolute atomic E-state index is 0.121. The largest absolute Gasteiger partial charge is 0.447 e. The summed E-state index contributed by atoms with van der Waals surface area (Å²) in [5, 5.41) is 5.44. The first-order chi connectivity index (χ1) is 11.7. The number of oxazole rings is 1. The molecule has 5 nitrogen and oxygen atoms in total. The lowest BCUT2D eigenvalue weighted by molar-refractivity contribution is 0.238. The van der Waals surface area contributed by atoms with Crippen LogP contribution in [-0.4, -0.2) is 17.1 Å². The summed E-state index contributed by atoms with van der Waals surface area (Å²) >= 11 is 0. The second-order valence-electron chi connectivity index (χ2n) is 7.32. The van der Waals surface area contributed by atoms with Gasteiger partial charge in [0.05, 0.1) is 12.2 Å². The summed E-state index contributed by atoms with van der Waals surface area (Å²) in [7, 11) is 0. The lowest BCUT2D eigenvalue weighted by atomic mass is 9.93. The molecule has 2 N–H and O–H groups in total. The summed E-state index contributed by atoms with van der Waals surface area (Å²) in [5.41, 5.74) is 1.12. The van der Waals surface area contributed by atoms with Crippen LogP contribution in [0.4, 0.5) is 13.6 Å². The van der Waals surface area contributed by atoms with Crippen LogP contribution in [0, 0.1) is 11.6 Å². The number of carbonyl (C=O) groups excluding carboxylic acids is 1. The van der Waals surface area contributed by atoms with Crippen LogP contribution in [0.5, 0.6) is 0 Å². The molecule has 7 heteroatoms. The molecule has 1 heterocycles. The highest BCUT2D eigenvalue weighted by molar-refractivity contribution is 5.74. The number of hydrogen-bond donors (Lipinski definition) is 2. The summed E-state index contributed by atoms with van der Waals surface area (Å²) in [6, 6.07) is 2.99.